The lowest BCUT2D eigenvalue weighted by Gasteiger charge is -2.32. The van der Waals surface area contributed by atoms with Crippen molar-refractivity contribution in [3.05, 3.63) is 23.9 Å². The van der Waals surface area contributed by atoms with Gasteiger partial charge in [-0.2, -0.15) is 13.2 Å². The third-order valence-electron chi connectivity index (χ3n) is 5.96. The standard InChI is InChI=1S/C20H27F3N6O/c21-20(22,23)16-6-7-17-25-26-19(29(17)14-16)28-11-4-5-15(13-28)18(30)24-8-12-27-9-2-1-3-10-27/h6-7,14-15H,1-5,8-13H2,(H,24,30)/t15-/m0/s1. The summed E-state index contributed by atoms with van der Waals surface area (Å²) in [6.07, 6.45) is 1.83. The summed E-state index contributed by atoms with van der Waals surface area (Å²) in [7, 11) is 0. The molecular weight excluding hydrogens is 397 g/mol. The van der Waals surface area contributed by atoms with E-state index in [1.165, 1.54) is 29.7 Å². The molecule has 2 saturated heterocycles. The van der Waals surface area contributed by atoms with Crippen LogP contribution in [0.3, 0.4) is 0 Å². The lowest BCUT2D eigenvalue weighted by atomic mass is 9.97. The zero-order valence-electron chi connectivity index (χ0n) is 16.9. The first kappa shape index (κ1) is 20.9. The fourth-order valence-corrected chi connectivity index (χ4v) is 4.30. The van der Waals surface area contributed by atoms with Crippen LogP contribution in [0.4, 0.5) is 19.1 Å². The largest absolute Gasteiger partial charge is 0.417 e. The highest BCUT2D eigenvalue weighted by Crippen LogP contribution is 2.30. The number of carbonyl (C=O) groups is 1. The van der Waals surface area contributed by atoms with Crippen LogP contribution in [0, 0.1) is 5.92 Å². The van der Waals surface area contributed by atoms with E-state index in [1.54, 1.807) is 0 Å². The summed E-state index contributed by atoms with van der Waals surface area (Å²) in [5.41, 5.74) is -0.397. The van der Waals surface area contributed by atoms with Gasteiger partial charge in [0.25, 0.3) is 0 Å². The molecule has 0 unspecified atom stereocenters. The monoisotopic (exact) mass is 424 g/mol. The molecule has 4 heterocycles. The molecule has 2 aromatic heterocycles. The van der Waals surface area contributed by atoms with Crippen molar-refractivity contribution >= 4 is 17.5 Å². The molecule has 0 aromatic carbocycles. The van der Waals surface area contributed by atoms with Crippen molar-refractivity contribution in [2.24, 2.45) is 5.92 Å². The lowest BCUT2D eigenvalue weighted by molar-refractivity contribution is -0.137. The molecule has 0 spiro atoms. The first-order valence-corrected chi connectivity index (χ1v) is 10.6. The van der Waals surface area contributed by atoms with Crippen LogP contribution in [0.5, 0.6) is 0 Å². The van der Waals surface area contributed by atoms with Gasteiger partial charge in [0, 0.05) is 32.4 Å². The molecule has 10 heteroatoms. The van der Waals surface area contributed by atoms with Crippen molar-refractivity contribution in [3.8, 4) is 0 Å². The van der Waals surface area contributed by atoms with Crippen LogP contribution in [0.1, 0.15) is 37.7 Å². The number of piperidine rings is 2. The van der Waals surface area contributed by atoms with Gasteiger partial charge in [-0.25, -0.2) is 0 Å². The van der Waals surface area contributed by atoms with E-state index in [-0.39, 0.29) is 11.8 Å². The Morgan fingerprint density at radius 3 is 2.67 bits per heavy atom. The number of rotatable bonds is 5. The number of likely N-dealkylation sites (tertiary alicyclic amines) is 1. The first-order chi connectivity index (χ1) is 14.4. The molecule has 4 rings (SSSR count). The van der Waals surface area contributed by atoms with E-state index < -0.39 is 11.7 Å². The van der Waals surface area contributed by atoms with Crippen LogP contribution < -0.4 is 10.2 Å². The van der Waals surface area contributed by atoms with Crippen molar-refractivity contribution in [1.82, 2.24) is 24.8 Å². The molecule has 2 fully saturated rings. The smallest absolute Gasteiger partial charge is 0.355 e. The van der Waals surface area contributed by atoms with E-state index in [4.69, 9.17) is 0 Å². The van der Waals surface area contributed by atoms with Crippen LogP contribution in [-0.4, -0.2) is 64.7 Å². The van der Waals surface area contributed by atoms with Gasteiger partial charge in [-0.15, -0.1) is 10.2 Å². The molecule has 2 aromatic rings. The Balaban J connectivity index is 1.39. The second kappa shape index (κ2) is 8.79. The molecule has 0 bridgehead atoms. The zero-order valence-corrected chi connectivity index (χ0v) is 16.9. The SMILES string of the molecule is O=C(NCCN1CCCCC1)[C@H]1CCCN(c2nnc3ccc(C(F)(F)F)cn23)C1. The Kier molecular flexibility index (Phi) is 6.12. The average molecular weight is 424 g/mol. The number of fused-ring (bicyclic) bond motifs is 1. The zero-order chi connectivity index (χ0) is 21.1. The summed E-state index contributed by atoms with van der Waals surface area (Å²) < 4.78 is 40.6. The average Bonchev–Trinajstić information content (AvgIpc) is 3.17. The maximum absolute atomic E-state index is 13.1. The molecule has 7 nitrogen and oxygen atoms in total. The van der Waals surface area contributed by atoms with Gasteiger partial charge in [0.2, 0.25) is 11.9 Å². The number of alkyl halides is 3. The number of nitrogens with one attached hydrogen (secondary N) is 1. The Morgan fingerprint density at radius 2 is 1.90 bits per heavy atom. The summed E-state index contributed by atoms with van der Waals surface area (Å²) in [4.78, 5) is 16.9. The fraction of sp³-hybridized carbons (Fsp3) is 0.650. The van der Waals surface area contributed by atoms with Crippen molar-refractivity contribution in [1.29, 1.82) is 0 Å². The number of hydrogen-bond donors (Lipinski definition) is 1. The first-order valence-electron chi connectivity index (χ1n) is 10.6. The van der Waals surface area contributed by atoms with Gasteiger partial charge >= 0.3 is 6.18 Å². The highest BCUT2D eigenvalue weighted by molar-refractivity contribution is 5.79. The van der Waals surface area contributed by atoms with Crippen LogP contribution in [0.25, 0.3) is 5.65 Å². The summed E-state index contributed by atoms with van der Waals surface area (Å²) in [5, 5.41) is 11.1. The molecule has 0 saturated carbocycles. The summed E-state index contributed by atoms with van der Waals surface area (Å²) in [6, 6.07) is 2.32. The minimum absolute atomic E-state index is 0.00140. The normalized spacial score (nSPS) is 21.2. The number of anilines is 1. The fourth-order valence-electron chi connectivity index (χ4n) is 4.30. The van der Waals surface area contributed by atoms with Crippen LogP contribution in [-0.2, 0) is 11.0 Å². The maximum Gasteiger partial charge on any atom is 0.417 e. The number of hydrogen-bond acceptors (Lipinski definition) is 5. The minimum Gasteiger partial charge on any atom is -0.355 e. The van der Waals surface area contributed by atoms with Crippen LogP contribution in [0.2, 0.25) is 0 Å². The van der Waals surface area contributed by atoms with Gasteiger partial charge in [0.15, 0.2) is 5.65 Å². The number of halogens is 3. The molecule has 164 valence electrons. The Bertz CT molecular complexity index is 877. The predicted octanol–water partition coefficient (Wildman–Crippen LogP) is 2.57. The quantitative estimate of drug-likeness (QED) is 0.799. The maximum atomic E-state index is 13.1. The van der Waals surface area contributed by atoms with E-state index in [0.717, 1.165) is 44.7 Å². The topological polar surface area (TPSA) is 65.8 Å². The molecule has 2 aliphatic heterocycles. The van der Waals surface area contributed by atoms with Crippen molar-refractivity contribution < 1.29 is 18.0 Å². The van der Waals surface area contributed by atoms with Gasteiger partial charge in [-0.05, 0) is 50.9 Å². The summed E-state index contributed by atoms with van der Waals surface area (Å²) in [6.45, 7) is 4.72. The van der Waals surface area contributed by atoms with E-state index in [2.05, 4.69) is 20.4 Å². The highest BCUT2D eigenvalue weighted by atomic mass is 19.4. The predicted molar refractivity (Wildman–Crippen MR) is 106 cm³/mol. The summed E-state index contributed by atoms with van der Waals surface area (Å²) >= 11 is 0. The third kappa shape index (κ3) is 4.69. The molecule has 1 atom stereocenters. The van der Waals surface area contributed by atoms with Gasteiger partial charge in [-0.1, -0.05) is 6.42 Å². The number of pyridine rings is 1. The number of carbonyl (C=O) groups excluding carboxylic acids is 1. The second-order valence-corrected chi connectivity index (χ2v) is 8.12. The molecule has 2 aliphatic rings. The number of nitrogens with zero attached hydrogens (tertiary/aromatic N) is 5. The van der Waals surface area contributed by atoms with Crippen molar-refractivity contribution in [2.75, 3.05) is 44.2 Å². The number of amides is 1. The molecule has 30 heavy (non-hydrogen) atoms. The molecular formula is C20H27F3N6O. The van der Waals surface area contributed by atoms with E-state index >= 15 is 0 Å². The molecule has 1 amide bonds. The van der Waals surface area contributed by atoms with Gasteiger partial charge in [0.1, 0.15) is 0 Å². The molecule has 0 radical (unpaired) electrons. The lowest BCUT2D eigenvalue weighted by Crippen LogP contribution is -2.45. The van der Waals surface area contributed by atoms with E-state index in [1.807, 2.05) is 4.90 Å². The van der Waals surface area contributed by atoms with Gasteiger partial charge in [0.05, 0.1) is 11.5 Å². The van der Waals surface area contributed by atoms with E-state index in [9.17, 15) is 18.0 Å². The van der Waals surface area contributed by atoms with E-state index in [0.29, 0.717) is 31.2 Å². The van der Waals surface area contributed by atoms with Crippen molar-refractivity contribution in [2.45, 2.75) is 38.3 Å². The van der Waals surface area contributed by atoms with Gasteiger partial charge < -0.3 is 15.1 Å². The molecule has 1 N–H and O–H groups in total. The van der Waals surface area contributed by atoms with Crippen LogP contribution >= 0.6 is 0 Å². The third-order valence-corrected chi connectivity index (χ3v) is 5.96. The number of aromatic nitrogens is 3. The minimum atomic E-state index is -4.44. The second-order valence-electron chi connectivity index (χ2n) is 8.12. The van der Waals surface area contributed by atoms with Gasteiger partial charge in [-0.3, -0.25) is 9.20 Å². The van der Waals surface area contributed by atoms with Crippen LogP contribution in [0.15, 0.2) is 18.3 Å². The Morgan fingerprint density at radius 1 is 1.10 bits per heavy atom. The van der Waals surface area contributed by atoms with Crippen molar-refractivity contribution in [3.63, 3.8) is 0 Å². The molecule has 0 aliphatic carbocycles. The summed E-state index contributed by atoms with van der Waals surface area (Å²) in [5.74, 6) is 0.140. The Hall–Kier alpha value is -2.36. The highest BCUT2D eigenvalue weighted by Gasteiger charge is 2.32. The Labute approximate surface area is 173 Å².